The number of amides is 1. The molecular weight excluding hydrogens is 394 g/mol. The van der Waals surface area contributed by atoms with Crippen LogP contribution in [0.25, 0.3) is 0 Å². The Morgan fingerprint density at radius 1 is 1.13 bits per heavy atom. The summed E-state index contributed by atoms with van der Waals surface area (Å²) in [6.07, 6.45) is 7.45. The van der Waals surface area contributed by atoms with E-state index in [2.05, 4.69) is 13.8 Å². The minimum absolute atomic E-state index is 0.271. The topological polar surface area (TPSA) is 72.9 Å². The van der Waals surface area contributed by atoms with Crippen LogP contribution in [0, 0.1) is 34.5 Å². The van der Waals surface area contributed by atoms with E-state index in [1.807, 2.05) is 20.8 Å². The normalized spacial score (nSPS) is 39.7. The third-order valence-electron chi connectivity index (χ3n) is 8.66. The molecule has 1 aliphatic heterocycles. The highest BCUT2D eigenvalue weighted by molar-refractivity contribution is 6.06. The first-order valence-electron chi connectivity index (χ1n) is 11.7. The number of hydrogen-bond donors (Lipinski definition) is 0. The van der Waals surface area contributed by atoms with Gasteiger partial charge in [-0.2, -0.15) is 0 Å². The maximum atomic E-state index is 13.3. The van der Waals surface area contributed by atoms with Crippen molar-refractivity contribution in [2.24, 2.45) is 34.5 Å². The number of hydrogen-bond acceptors (Lipinski definition) is 5. The minimum atomic E-state index is -0.796. The maximum absolute atomic E-state index is 13.3. The molecule has 0 radical (unpaired) electrons. The summed E-state index contributed by atoms with van der Waals surface area (Å²) in [6.45, 7) is 10.7. The van der Waals surface area contributed by atoms with Crippen molar-refractivity contribution in [1.82, 2.24) is 4.90 Å². The van der Waals surface area contributed by atoms with Gasteiger partial charge in [-0.25, -0.2) is 4.79 Å². The summed E-state index contributed by atoms with van der Waals surface area (Å²) >= 11 is 0. The average molecular weight is 432 g/mol. The van der Waals surface area contributed by atoms with Gasteiger partial charge in [-0.1, -0.05) is 20.3 Å². The molecule has 3 aliphatic carbocycles. The van der Waals surface area contributed by atoms with Crippen molar-refractivity contribution in [2.45, 2.75) is 78.7 Å². The van der Waals surface area contributed by atoms with Gasteiger partial charge < -0.3 is 9.47 Å². The zero-order valence-corrected chi connectivity index (χ0v) is 19.8. The number of nitrogens with zero attached hydrogens (tertiary/aromatic N) is 1. The Balaban J connectivity index is 1.77. The first-order valence-corrected chi connectivity index (χ1v) is 11.7. The van der Waals surface area contributed by atoms with Crippen LogP contribution in [0.3, 0.4) is 0 Å². The zero-order valence-electron chi connectivity index (χ0n) is 19.8. The molecule has 172 valence electrons. The summed E-state index contributed by atoms with van der Waals surface area (Å²) in [5, 5.41) is 0. The van der Waals surface area contributed by atoms with Gasteiger partial charge >= 0.3 is 12.1 Å². The van der Waals surface area contributed by atoms with Gasteiger partial charge in [-0.05, 0) is 76.0 Å². The monoisotopic (exact) mass is 431 g/mol. The van der Waals surface area contributed by atoms with Gasteiger partial charge in [0.15, 0.2) is 5.78 Å². The van der Waals surface area contributed by atoms with E-state index in [1.165, 1.54) is 38.9 Å². The number of ether oxygens (including phenoxy) is 2. The lowest BCUT2D eigenvalue weighted by Crippen LogP contribution is -2.60. The van der Waals surface area contributed by atoms with Crippen LogP contribution in [-0.4, -0.2) is 42.0 Å². The van der Waals surface area contributed by atoms with E-state index in [0.29, 0.717) is 36.1 Å². The number of allylic oxidation sites excluding steroid dienone is 2. The summed E-state index contributed by atoms with van der Waals surface area (Å²) < 4.78 is 10.7. The highest BCUT2D eigenvalue weighted by Gasteiger charge is 2.60. The predicted molar refractivity (Wildman–Crippen MR) is 116 cm³/mol. The fourth-order valence-corrected chi connectivity index (χ4v) is 7.22. The van der Waals surface area contributed by atoms with E-state index < -0.39 is 29.0 Å². The van der Waals surface area contributed by atoms with Crippen molar-refractivity contribution in [2.75, 3.05) is 13.7 Å². The van der Waals surface area contributed by atoms with Crippen molar-refractivity contribution in [1.29, 1.82) is 0 Å². The number of methoxy groups -OCH3 is 1. The lowest BCUT2D eigenvalue weighted by Gasteiger charge is -2.60. The fraction of sp³-hybridized carbons (Fsp3) is 0.800. The number of carbonyl (C=O) groups excluding carboxylic acids is 3. The number of rotatable bonds is 1. The largest absolute Gasteiger partial charge is 0.468 e. The van der Waals surface area contributed by atoms with Crippen LogP contribution in [0.15, 0.2) is 11.8 Å². The van der Waals surface area contributed by atoms with Crippen molar-refractivity contribution in [3.63, 3.8) is 0 Å². The Morgan fingerprint density at radius 2 is 1.84 bits per heavy atom. The van der Waals surface area contributed by atoms with Gasteiger partial charge in [0, 0.05) is 23.7 Å². The molecule has 0 bridgehead atoms. The van der Waals surface area contributed by atoms with E-state index in [1.54, 1.807) is 4.90 Å². The molecule has 1 amide bonds. The van der Waals surface area contributed by atoms with Gasteiger partial charge in [0.25, 0.3) is 0 Å². The molecule has 0 aromatic heterocycles. The number of esters is 1. The number of likely N-dealkylation sites (tertiary alicyclic amines) is 1. The molecule has 0 N–H and O–H groups in total. The van der Waals surface area contributed by atoms with Gasteiger partial charge in [-0.3, -0.25) is 14.5 Å². The Kier molecular flexibility index (Phi) is 5.30. The van der Waals surface area contributed by atoms with Crippen LogP contribution in [-0.2, 0) is 19.1 Å². The van der Waals surface area contributed by atoms with Crippen molar-refractivity contribution >= 4 is 17.8 Å². The molecule has 6 heteroatoms. The molecule has 0 aromatic carbocycles. The Bertz CT molecular complexity index is 826. The SMILES string of the molecule is COC(=O)C1C[C@@]2(C)C(=CC1=O)N(C(=O)OC(C)(C)C)C[C@H]1[C@@H]3CCC[C@@]3(C)CC[C@@H]12. The fourth-order valence-electron chi connectivity index (χ4n) is 7.22. The summed E-state index contributed by atoms with van der Waals surface area (Å²) in [7, 11) is 1.33. The number of piperidine rings is 1. The average Bonchev–Trinajstić information content (AvgIpc) is 3.07. The molecule has 2 saturated carbocycles. The molecular formula is C25H37NO5. The molecule has 4 rings (SSSR count). The highest BCUT2D eigenvalue weighted by atomic mass is 16.6. The van der Waals surface area contributed by atoms with Gasteiger partial charge in [0.05, 0.1) is 7.11 Å². The number of fused-ring (bicyclic) bond motifs is 5. The summed E-state index contributed by atoms with van der Waals surface area (Å²) in [6, 6.07) is 0. The Labute approximate surface area is 185 Å². The second-order valence-electron chi connectivity index (χ2n) is 11.7. The second kappa shape index (κ2) is 7.35. The molecule has 1 unspecified atom stereocenters. The van der Waals surface area contributed by atoms with Crippen molar-refractivity contribution < 1.29 is 23.9 Å². The van der Waals surface area contributed by atoms with Crippen molar-refractivity contribution in [3.8, 4) is 0 Å². The molecule has 4 aliphatic rings. The summed E-state index contributed by atoms with van der Waals surface area (Å²) in [5.41, 5.74) is 0.00273. The standard InChI is InChI=1S/C25H37NO5/c1-23(2,3)31-22(29)26-14-16-17-8-7-10-24(17,4)11-9-18(16)25(5)13-15(21(28)30-6)19(27)12-20(25)26/h12,15-18H,7-11,13-14H2,1-6H3/t15?,16-,17-,18-,24-,25+/m0/s1. The Morgan fingerprint density at radius 3 is 2.48 bits per heavy atom. The lowest BCUT2D eigenvalue weighted by molar-refractivity contribution is -0.152. The van der Waals surface area contributed by atoms with Gasteiger partial charge in [0.1, 0.15) is 11.5 Å². The molecule has 31 heavy (non-hydrogen) atoms. The van der Waals surface area contributed by atoms with Crippen LogP contribution in [0.4, 0.5) is 4.79 Å². The highest BCUT2D eigenvalue weighted by Crippen LogP contribution is 2.64. The molecule has 0 spiro atoms. The molecule has 1 saturated heterocycles. The zero-order chi connectivity index (χ0) is 22.8. The van der Waals surface area contributed by atoms with E-state index in [-0.39, 0.29) is 5.78 Å². The first-order chi connectivity index (χ1) is 14.4. The smallest absolute Gasteiger partial charge is 0.414 e. The summed E-state index contributed by atoms with van der Waals surface area (Å²) in [4.78, 5) is 40.3. The molecule has 0 aromatic rings. The third-order valence-corrected chi connectivity index (χ3v) is 8.66. The van der Waals surface area contributed by atoms with Gasteiger partial charge in [-0.15, -0.1) is 0 Å². The van der Waals surface area contributed by atoms with Crippen LogP contribution in [0.5, 0.6) is 0 Å². The molecule has 6 atom stereocenters. The lowest BCUT2D eigenvalue weighted by atomic mass is 9.50. The molecule has 3 fully saturated rings. The number of carbonyl (C=O) groups is 3. The summed E-state index contributed by atoms with van der Waals surface area (Å²) in [5.74, 6) is -0.295. The van der Waals surface area contributed by atoms with E-state index in [9.17, 15) is 14.4 Å². The minimum Gasteiger partial charge on any atom is -0.468 e. The van der Waals surface area contributed by atoms with Crippen molar-refractivity contribution in [3.05, 3.63) is 11.8 Å². The van der Waals surface area contributed by atoms with E-state index in [4.69, 9.17) is 9.47 Å². The first kappa shape index (κ1) is 22.3. The second-order valence-corrected chi connectivity index (χ2v) is 11.7. The predicted octanol–water partition coefficient (Wildman–Crippen LogP) is 4.72. The van der Waals surface area contributed by atoms with Crippen LogP contribution < -0.4 is 0 Å². The van der Waals surface area contributed by atoms with E-state index >= 15 is 0 Å². The van der Waals surface area contributed by atoms with E-state index in [0.717, 1.165) is 12.1 Å². The third kappa shape index (κ3) is 3.60. The molecule has 1 heterocycles. The van der Waals surface area contributed by atoms with Crippen LogP contribution in [0.1, 0.15) is 73.1 Å². The van der Waals surface area contributed by atoms with Crippen LogP contribution >= 0.6 is 0 Å². The van der Waals surface area contributed by atoms with Gasteiger partial charge in [0.2, 0.25) is 0 Å². The Hall–Kier alpha value is -1.85. The maximum Gasteiger partial charge on any atom is 0.414 e. The number of ketones is 1. The molecule has 6 nitrogen and oxygen atoms in total. The quantitative estimate of drug-likeness (QED) is 0.444. The van der Waals surface area contributed by atoms with Crippen LogP contribution in [0.2, 0.25) is 0 Å².